The van der Waals surface area contributed by atoms with Crippen molar-refractivity contribution in [1.29, 1.82) is 0 Å². The molecule has 1 saturated heterocycles. The molecule has 1 fully saturated rings. The van der Waals surface area contributed by atoms with Crippen molar-refractivity contribution in [1.82, 2.24) is 20.1 Å². The zero-order valence-corrected chi connectivity index (χ0v) is 17.3. The third-order valence-electron chi connectivity index (χ3n) is 4.67. The first-order chi connectivity index (χ1) is 13.4. The lowest BCUT2D eigenvalue weighted by atomic mass is 10.0. The first kappa shape index (κ1) is 20.6. The van der Waals surface area contributed by atoms with Crippen LogP contribution in [-0.4, -0.2) is 58.3 Å². The molecule has 0 bridgehead atoms. The van der Waals surface area contributed by atoms with Gasteiger partial charge in [-0.1, -0.05) is 24.8 Å². The molecular weight excluding hydrogens is 381 g/mol. The molecule has 3 rings (SSSR count). The molecule has 1 aromatic carbocycles. The van der Waals surface area contributed by atoms with E-state index in [-0.39, 0.29) is 23.0 Å². The Morgan fingerprint density at radius 2 is 2.07 bits per heavy atom. The van der Waals surface area contributed by atoms with Gasteiger partial charge in [0.2, 0.25) is 11.9 Å². The zero-order chi connectivity index (χ0) is 20.1. The van der Waals surface area contributed by atoms with Crippen LogP contribution in [-0.2, 0) is 9.53 Å². The monoisotopic (exact) mass is 407 g/mol. The molecule has 0 atom stereocenters. The number of anilines is 1. The maximum absolute atomic E-state index is 13.8. The minimum atomic E-state index is -0.336. The Kier molecular flexibility index (Phi) is 6.56. The molecular formula is C19H26FN5O2S. The van der Waals surface area contributed by atoms with E-state index >= 15 is 0 Å². The standard InChI is InChI=1S/C19H26FN5O2S/c1-4-19(2,3)21-16(26)13-28-18-23-22-17(24-8-10-27-11-9-24)25(18)15-7-5-6-14(20)12-15/h5-7,12H,4,8-11,13H2,1-3H3,(H,21,26). The van der Waals surface area contributed by atoms with Gasteiger partial charge in [0.1, 0.15) is 5.82 Å². The number of amides is 1. The summed E-state index contributed by atoms with van der Waals surface area (Å²) in [6.07, 6.45) is 0.837. The molecule has 7 nitrogen and oxygen atoms in total. The molecule has 1 amide bonds. The van der Waals surface area contributed by atoms with Gasteiger partial charge in [-0.15, -0.1) is 10.2 Å². The highest BCUT2D eigenvalue weighted by Crippen LogP contribution is 2.27. The predicted molar refractivity (Wildman–Crippen MR) is 108 cm³/mol. The van der Waals surface area contributed by atoms with Gasteiger partial charge in [-0.25, -0.2) is 4.39 Å². The fraction of sp³-hybridized carbons (Fsp3) is 0.526. The zero-order valence-electron chi connectivity index (χ0n) is 16.4. The number of rotatable bonds is 7. The minimum Gasteiger partial charge on any atom is -0.378 e. The van der Waals surface area contributed by atoms with Crippen molar-refractivity contribution in [2.24, 2.45) is 0 Å². The molecule has 1 aliphatic heterocycles. The Labute approximate surface area is 168 Å². The van der Waals surface area contributed by atoms with Crippen LogP contribution in [0.2, 0.25) is 0 Å². The highest BCUT2D eigenvalue weighted by Gasteiger charge is 2.23. The van der Waals surface area contributed by atoms with Crippen LogP contribution in [0, 0.1) is 5.82 Å². The Morgan fingerprint density at radius 1 is 1.32 bits per heavy atom. The second-order valence-electron chi connectivity index (χ2n) is 7.27. The van der Waals surface area contributed by atoms with Crippen LogP contribution >= 0.6 is 11.8 Å². The van der Waals surface area contributed by atoms with E-state index in [0.29, 0.717) is 43.1 Å². The van der Waals surface area contributed by atoms with E-state index in [0.717, 1.165) is 6.42 Å². The molecule has 1 N–H and O–H groups in total. The van der Waals surface area contributed by atoms with E-state index in [2.05, 4.69) is 20.4 Å². The molecule has 152 valence electrons. The van der Waals surface area contributed by atoms with E-state index in [4.69, 9.17) is 4.74 Å². The van der Waals surface area contributed by atoms with Crippen molar-refractivity contribution < 1.29 is 13.9 Å². The molecule has 0 unspecified atom stereocenters. The summed E-state index contributed by atoms with van der Waals surface area (Å²) in [4.78, 5) is 14.4. The summed E-state index contributed by atoms with van der Waals surface area (Å²) in [5.41, 5.74) is 0.371. The number of benzene rings is 1. The second-order valence-corrected chi connectivity index (χ2v) is 8.21. The highest BCUT2D eigenvalue weighted by molar-refractivity contribution is 7.99. The maximum atomic E-state index is 13.8. The summed E-state index contributed by atoms with van der Waals surface area (Å²) in [6.45, 7) is 8.58. The number of halogens is 1. The first-order valence-electron chi connectivity index (χ1n) is 9.37. The number of nitrogens with zero attached hydrogens (tertiary/aromatic N) is 4. The van der Waals surface area contributed by atoms with Crippen LogP contribution in [0.4, 0.5) is 10.3 Å². The molecule has 1 aliphatic rings. The van der Waals surface area contributed by atoms with E-state index in [9.17, 15) is 9.18 Å². The lowest BCUT2D eigenvalue weighted by Crippen LogP contribution is -2.43. The summed E-state index contributed by atoms with van der Waals surface area (Å²) >= 11 is 1.29. The average Bonchev–Trinajstić information content (AvgIpc) is 3.11. The van der Waals surface area contributed by atoms with Gasteiger partial charge in [-0.2, -0.15) is 0 Å². The number of aromatic nitrogens is 3. The molecule has 1 aromatic heterocycles. The molecule has 9 heteroatoms. The largest absolute Gasteiger partial charge is 0.378 e. The summed E-state index contributed by atoms with van der Waals surface area (Å²) < 4.78 is 21.1. The van der Waals surface area contributed by atoms with Gasteiger partial charge in [0.15, 0.2) is 5.16 Å². The number of ether oxygens (including phenoxy) is 1. The van der Waals surface area contributed by atoms with Gasteiger partial charge in [-0.3, -0.25) is 9.36 Å². The molecule has 0 spiro atoms. The smallest absolute Gasteiger partial charge is 0.232 e. The number of nitrogens with one attached hydrogen (secondary N) is 1. The van der Waals surface area contributed by atoms with Crippen molar-refractivity contribution in [3.8, 4) is 5.69 Å². The van der Waals surface area contributed by atoms with Crippen LogP contribution in [0.5, 0.6) is 0 Å². The van der Waals surface area contributed by atoms with Crippen molar-refractivity contribution in [2.45, 2.75) is 37.9 Å². The lowest BCUT2D eigenvalue weighted by molar-refractivity contribution is -0.120. The summed E-state index contributed by atoms with van der Waals surface area (Å²) in [5, 5.41) is 12.2. The minimum absolute atomic E-state index is 0.0708. The summed E-state index contributed by atoms with van der Waals surface area (Å²) in [7, 11) is 0. The number of thioether (sulfide) groups is 1. The third kappa shape index (κ3) is 5.02. The fourth-order valence-electron chi connectivity index (χ4n) is 2.80. The number of morpholine rings is 1. The topological polar surface area (TPSA) is 72.3 Å². The Balaban J connectivity index is 1.84. The fourth-order valence-corrected chi connectivity index (χ4v) is 3.54. The van der Waals surface area contributed by atoms with Crippen molar-refractivity contribution in [3.05, 3.63) is 30.1 Å². The highest BCUT2D eigenvalue weighted by atomic mass is 32.2. The first-order valence-corrected chi connectivity index (χ1v) is 10.4. The Bertz CT molecular complexity index is 820. The number of hydrogen-bond acceptors (Lipinski definition) is 6. The number of hydrogen-bond donors (Lipinski definition) is 1. The van der Waals surface area contributed by atoms with Gasteiger partial charge < -0.3 is 15.0 Å². The van der Waals surface area contributed by atoms with Crippen LogP contribution in [0.15, 0.2) is 29.4 Å². The lowest BCUT2D eigenvalue weighted by Gasteiger charge is -2.28. The van der Waals surface area contributed by atoms with Gasteiger partial charge >= 0.3 is 0 Å². The normalized spacial score (nSPS) is 14.9. The molecule has 28 heavy (non-hydrogen) atoms. The Morgan fingerprint density at radius 3 is 2.75 bits per heavy atom. The number of carbonyl (C=O) groups is 1. The van der Waals surface area contributed by atoms with Gasteiger partial charge in [0.05, 0.1) is 24.7 Å². The quantitative estimate of drug-likeness (QED) is 0.712. The Hall–Kier alpha value is -2.13. The van der Waals surface area contributed by atoms with Gasteiger partial charge in [-0.05, 0) is 38.5 Å². The van der Waals surface area contributed by atoms with Crippen molar-refractivity contribution in [2.75, 3.05) is 37.0 Å². The maximum Gasteiger partial charge on any atom is 0.232 e. The third-order valence-corrected chi connectivity index (χ3v) is 5.60. The second kappa shape index (κ2) is 8.91. The number of carbonyl (C=O) groups excluding carboxylic acids is 1. The van der Waals surface area contributed by atoms with E-state index in [1.807, 2.05) is 20.8 Å². The SMILES string of the molecule is CCC(C)(C)NC(=O)CSc1nnc(N2CCOCC2)n1-c1cccc(F)c1. The molecule has 0 saturated carbocycles. The van der Waals surface area contributed by atoms with Gasteiger partial charge in [0, 0.05) is 18.6 Å². The molecule has 2 heterocycles. The van der Waals surface area contributed by atoms with Gasteiger partial charge in [0.25, 0.3) is 0 Å². The van der Waals surface area contributed by atoms with Crippen LogP contribution in [0.25, 0.3) is 5.69 Å². The molecule has 2 aromatic rings. The van der Waals surface area contributed by atoms with E-state index in [1.54, 1.807) is 16.7 Å². The predicted octanol–water partition coefficient (Wildman–Crippen LogP) is 2.64. The average molecular weight is 408 g/mol. The van der Waals surface area contributed by atoms with E-state index in [1.165, 1.54) is 23.9 Å². The summed E-state index contributed by atoms with van der Waals surface area (Å²) in [6, 6.07) is 6.30. The van der Waals surface area contributed by atoms with Crippen molar-refractivity contribution in [3.63, 3.8) is 0 Å². The van der Waals surface area contributed by atoms with Crippen molar-refractivity contribution >= 4 is 23.6 Å². The van der Waals surface area contributed by atoms with E-state index < -0.39 is 0 Å². The van der Waals surface area contributed by atoms with Crippen LogP contribution < -0.4 is 10.2 Å². The molecule has 0 aliphatic carbocycles. The summed E-state index contributed by atoms with van der Waals surface area (Å²) in [5.74, 6) is 0.432. The molecule has 0 radical (unpaired) electrons. The van der Waals surface area contributed by atoms with Crippen LogP contribution in [0.1, 0.15) is 27.2 Å². The van der Waals surface area contributed by atoms with Crippen LogP contribution in [0.3, 0.4) is 0 Å².